The second-order valence-electron chi connectivity index (χ2n) is 9.72. The van der Waals surface area contributed by atoms with Gasteiger partial charge in [-0.05, 0) is 23.3 Å². The fraction of sp³-hybridized carbons (Fsp3) is 0.194. The van der Waals surface area contributed by atoms with Crippen LogP contribution in [-0.2, 0) is 10.8 Å². The van der Waals surface area contributed by atoms with E-state index < -0.39 is 10.8 Å². The van der Waals surface area contributed by atoms with Gasteiger partial charge in [0.25, 0.3) is 0 Å². The Kier molecular flexibility index (Phi) is 7.07. The maximum Gasteiger partial charge on any atom is 0.131 e. The monoisotopic (exact) mass is 501 g/mol. The predicted molar refractivity (Wildman–Crippen MR) is 149 cm³/mol. The van der Waals surface area contributed by atoms with Gasteiger partial charge in [-0.25, -0.2) is 0 Å². The Morgan fingerprint density at radius 2 is 1.06 bits per heavy atom. The molecule has 0 saturated heterocycles. The van der Waals surface area contributed by atoms with Crippen molar-refractivity contribution < 1.29 is 5.11 Å². The van der Waals surface area contributed by atoms with E-state index in [9.17, 15) is 5.11 Å². The molecular formula is C31H29Cl2NO. The molecular weight excluding hydrogens is 473 g/mol. The first kappa shape index (κ1) is 25.0. The number of rotatable bonds is 6. The molecule has 2 nitrogen and oxygen atoms in total. The van der Waals surface area contributed by atoms with E-state index in [0.29, 0.717) is 21.2 Å². The standard InChI is InChI=1S/C31H29Cl2NO/c1-30(2,21-14-8-5-9-15-21)25-27(32)24(20-34-23-18-12-7-13-19-23)29(35)26(28(25)33)31(3,4)22-16-10-6-11-17-22/h5-20,35H,1-4H3. The summed E-state index contributed by atoms with van der Waals surface area (Å²) in [5, 5.41) is 12.5. The lowest BCUT2D eigenvalue weighted by Gasteiger charge is -2.35. The minimum atomic E-state index is -0.593. The molecule has 4 aromatic rings. The second kappa shape index (κ2) is 9.89. The van der Waals surface area contributed by atoms with Crippen molar-refractivity contribution in [2.24, 2.45) is 4.99 Å². The summed E-state index contributed by atoms with van der Waals surface area (Å²) >= 11 is 14.2. The number of benzene rings is 4. The molecule has 0 bridgehead atoms. The minimum Gasteiger partial charge on any atom is -0.507 e. The Morgan fingerprint density at radius 3 is 1.54 bits per heavy atom. The molecule has 0 spiro atoms. The van der Waals surface area contributed by atoms with Gasteiger partial charge in [0.1, 0.15) is 5.75 Å². The molecule has 0 aliphatic carbocycles. The summed E-state index contributed by atoms with van der Waals surface area (Å²) in [6, 6.07) is 29.8. The van der Waals surface area contributed by atoms with Crippen LogP contribution in [0.4, 0.5) is 5.69 Å². The number of nitrogens with zero attached hydrogens (tertiary/aromatic N) is 1. The summed E-state index contributed by atoms with van der Waals surface area (Å²) in [6.07, 6.45) is 1.64. The van der Waals surface area contributed by atoms with Crippen molar-refractivity contribution in [1.82, 2.24) is 0 Å². The number of aliphatic imine (C=N–C) groups is 1. The predicted octanol–water partition coefficient (Wildman–Crippen LogP) is 9.10. The largest absolute Gasteiger partial charge is 0.507 e. The van der Waals surface area contributed by atoms with Crippen LogP contribution in [0.5, 0.6) is 5.75 Å². The second-order valence-corrected chi connectivity index (χ2v) is 10.5. The summed E-state index contributed by atoms with van der Waals surface area (Å²) in [7, 11) is 0. The number of aromatic hydroxyl groups is 1. The van der Waals surface area contributed by atoms with E-state index >= 15 is 0 Å². The SMILES string of the molecule is CC(C)(c1ccccc1)c1c(O)c(C=Nc2ccccc2)c(Cl)c(C(C)(C)c2ccccc2)c1Cl. The quantitative estimate of drug-likeness (QED) is 0.262. The Morgan fingerprint density at radius 1 is 0.629 bits per heavy atom. The number of halogens is 2. The van der Waals surface area contributed by atoms with E-state index in [-0.39, 0.29) is 5.75 Å². The highest BCUT2D eigenvalue weighted by atomic mass is 35.5. The van der Waals surface area contributed by atoms with Gasteiger partial charge in [-0.15, -0.1) is 0 Å². The van der Waals surface area contributed by atoms with Gasteiger partial charge in [0.2, 0.25) is 0 Å². The number of hydrogen-bond acceptors (Lipinski definition) is 2. The third-order valence-electron chi connectivity index (χ3n) is 6.73. The van der Waals surface area contributed by atoms with Crippen molar-refractivity contribution in [3.63, 3.8) is 0 Å². The third-order valence-corrected chi connectivity index (χ3v) is 7.50. The van der Waals surface area contributed by atoms with Gasteiger partial charge in [0.15, 0.2) is 0 Å². The number of para-hydroxylation sites is 1. The molecule has 4 heteroatoms. The molecule has 0 fully saturated rings. The number of phenols is 1. The van der Waals surface area contributed by atoms with Crippen LogP contribution in [0.15, 0.2) is 96.0 Å². The van der Waals surface area contributed by atoms with Crippen LogP contribution in [0, 0.1) is 0 Å². The van der Waals surface area contributed by atoms with E-state index in [0.717, 1.165) is 22.4 Å². The van der Waals surface area contributed by atoms with Gasteiger partial charge in [-0.2, -0.15) is 0 Å². The Labute approximate surface area is 217 Å². The number of phenolic OH excluding ortho intramolecular Hbond substituents is 1. The van der Waals surface area contributed by atoms with Crippen molar-refractivity contribution in [2.45, 2.75) is 38.5 Å². The number of hydrogen-bond donors (Lipinski definition) is 1. The van der Waals surface area contributed by atoms with Gasteiger partial charge >= 0.3 is 0 Å². The molecule has 4 aromatic carbocycles. The molecule has 0 unspecified atom stereocenters. The molecule has 1 N–H and O–H groups in total. The normalized spacial score (nSPS) is 12.3. The lowest BCUT2D eigenvalue weighted by molar-refractivity contribution is 0.451. The fourth-order valence-corrected chi connectivity index (χ4v) is 5.76. The zero-order chi connectivity index (χ0) is 25.2. The minimum absolute atomic E-state index is 0.0427. The van der Waals surface area contributed by atoms with Crippen LogP contribution < -0.4 is 0 Å². The van der Waals surface area contributed by atoms with Gasteiger partial charge in [0.05, 0.1) is 21.3 Å². The summed E-state index contributed by atoms with van der Waals surface area (Å²) in [5.41, 5.74) is 3.60. The Balaban J connectivity index is 2.03. The molecule has 4 rings (SSSR count). The Bertz CT molecular complexity index is 1270. The summed E-state index contributed by atoms with van der Waals surface area (Å²) < 4.78 is 0. The van der Waals surface area contributed by atoms with Crippen LogP contribution in [0.2, 0.25) is 10.0 Å². The zero-order valence-corrected chi connectivity index (χ0v) is 21.9. The molecule has 0 heterocycles. The topological polar surface area (TPSA) is 32.6 Å². The highest BCUT2D eigenvalue weighted by molar-refractivity contribution is 6.39. The van der Waals surface area contributed by atoms with E-state index in [1.807, 2.05) is 78.9 Å². The van der Waals surface area contributed by atoms with Gasteiger partial charge in [-0.1, -0.05) is 130 Å². The molecule has 0 amide bonds. The summed E-state index contributed by atoms with van der Waals surface area (Å²) in [6.45, 7) is 8.33. The van der Waals surface area contributed by atoms with Gasteiger partial charge in [-0.3, -0.25) is 4.99 Å². The van der Waals surface area contributed by atoms with E-state index in [1.54, 1.807) is 6.21 Å². The highest BCUT2D eigenvalue weighted by Gasteiger charge is 2.38. The van der Waals surface area contributed by atoms with Crippen LogP contribution in [0.25, 0.3) is 0 Å². The molecule has 35 heavy (non-hydrogen) atoms. The highest BCUT2D eigenvalue weighted by Crippen LogP contribution is 2.51. The molecule has 0 radical (unpaired) electrons. The van der Waals surface area contributed by atoms with Crippen LogP contribution in [0.1, 0.15) is 55.5 Å². The van der Waals surface area contributed by atoms with Crippen molar-refractivity contribution >= 4 is 35.1 Å². The first-order chi connectivity index (χ1) is 16.7. The Hall–Kier alpha value is -3.07. The molecule has 0 saturated carbocycles. The van der Waals surface area contributed by atoms with E-state index in [4.69, 9.17) is 23.2 Å². The first-order valence-electron chi connectivity index (χ1n) is 11.6. The van der Waals surface area contributed by atoms with E-state index in [2.05, 4.69) is 44.8 Å². The smallest absolute Gasteiger partial charge is 0.131 e. The first-order valence-corrected chi connectivity index (χ1v) is 12.4. The molecule has 0 atom stereocenters. The van der Waals surface area contributed by atoms with Crippen molar-refractivity contribution in [3.05, 3.63) is 129 Å². The third kappa shape index (κ3) is 4.74. The maximum atomic E-state index is 11.6. The molecule has 178 valence electrons. The fourth-order valence-electron chi connectivity index (χ4n) is 4.59. The van der Waals surface area contributed by atoms with Crippen LogP contribution in [-0.4, -0.2) is 11.3 Å². The van der Waals surface area contributed by atoms with Crippen molar-refractivity contribution in [2.75, 3.05) is 0 Å². The van der Waals surface area contributed by atoms with Gasteiger partial charge in [0, 0.05) is 28.2 Å². The average molecular weight is 502 g/mol. The molecule has 0 aliphatic rings. The molecule has 0 aromatic heterocycles. The van der Waals surface area contributed by atoms with E-state index in [1.165, 1.54) is 0 Å². The van der Waals surface area contributed by atoms with Crippen molar-refractivity contribution in [1.29, 1.82) is 0 Å². The summed E-state index contributed by atoms with van der Waals surface area (Å²) in [4.78, 5) is 4.61. The van der Waals surface area contributed by atoms with Gasteiger partial charge < -0.3 is 5.11 Å². The summed E-state index contributed by atoms with van der Waals surface area (Å²) in [5.74, 6) is 0.0427. The average Bonchev–Trinajstić information content (AvgIpc) is 2.85. The zero-order valence-electron chi connectivity index (χ0n) is 20.4. The lowest BCUT2D eigenvalue weighted by Crippen LogP contribution is -2.25. The maximum absolute atomic E-state index is 11.6. The van der Waals surface area contributed by atoms with Crippen molar-refractivity contribution in [3.8, 4) is 5.75 Å². The van der Waals surface area contributed by atoms with Crippen LogP contribution >= 0.6 is 23.2 Å². The lowest BCUT2D eigenvalue weighted by atomic mass is 9.72. The van der Waals surface area contributed by atoms with Crippen LogP contribution in [0.3, 0.4) is 0 Å². The molecule has 0 aliphatic heterocycles.